The van der Waals surface area contributed by atoms with Gasteiger partial charge in [0.1, 0.15) is 0 Å². The van der Waals surface area contributed by atoms with E-state index in [1.54, 1.807) is 6.92 Å². The number of carbonyl (C=O) groups is 1. The number of nitrogens with zero attached hydrogens (tertiary/aromatic N) is 2. The Morgan fingerprint density at radius 1 is 1.63 bits per heavy atom. The number of ether oxygens (including phenoxy) is 1. The number of fused-ring (bicyclic) bond motifs is 1. The zero-order valence-electron chi connectivity index (χ0n) is 10.4. The van der Waals surface area contributed by atoms with Crippen molar-refractivity contribution in [1.82, 2.24) is 0 Å². The first kappa shape index (κ1) is 13.3. The maximum atomic E-state index is 11.9. The number of anilines is 1. The number of amides is 1. The van der Waals surface area contributed by atoms with Crippen LogP contribution in [0, 0.1) is 10.1 Å². The van der Waals surface area contributed by atoms with Crippen molar-refractivity contribution in [3.63, 3.8) is 0 Å². The lowest BCUT2D eigenvalue weighted by Crippen LogP contribution is -2.40. The van der Waals surface area contributed by atoms with Gasteiger partial charge in [-0.3, -0.25) is 15.0 Å². The molecule has 1 aromatic carbocycles. The van der Waals surface area contributed by atoms with Gasteiger partial charge in [-0.15, -0.1) is 0 Å². The Labute approximate surface area is 109 Å². The molecule has 1 aliphatic rings. The first-order chi connectivity index (χ1) is 9.08. The van der Waals surface area contributed by atoms with Crippen molar-refractivity contribution >= 4 is 17.5 Å². The van der Waals surface area contributed by atoms with Crippen LogP contribution in [0.3, 0.4) is 0 Å². The summed E-state index contributed by atoms with van der Waals surface area (Å²) in [7, 11) is 0. The van der Waals surface area contributed by atoms with E-state index >= 15 is 0 Å². The van der Waals surface area contributed by atoms with Gasteiger partial charge in [-0.1, -0.05) is 0 Å². The normalized spacial score (nSPS) is 17.2. The highest BCUT2D eigenvalue weighted by Crippen LogP contribution is 2.35. The van der Waals surface area contributed by atoms with Gasteiger partial charge in [-0.2, -0.15) is 0 Å². The van der Waals surface area contributed by atoms with Gasteiger partial charge in [0.05, 0.1) is 29.9 Å². The molecular formula is C12H14N2O5. The number of rotatable bonds is 3. The molecule has 1 amide bonds. The van der Waals surface area contributed by atoms with Crippen LogP contribution in [-0.4, -0.2) is 35.4 Å². The molecule has 0 bridgehead atoms. The third-order valence-corrected chi connectivity index (χ3v) is 3.03. The molecule has 1 aromatic rings. The third-order valence-electron chi connectivity index (χ3n) is 3.03. The van der Waals surface area contributed by atoms with Gasteiger partial charge in [0.25, 0.3) is 5.69 Å². The van der Waals surface area contributed by atoms with Crippen molar-refractivity contribution in [3.05, 3.63) is 33.9 Å². The Balaban J connectivity index is 2.37. The maximum Gasteiger partial charge on any atom is 0.414 e. The monoisotopic (exact) mass is 266 g/mol. The quantitative estimate of drug-likeness (QED) is 0.660. The number of aliphatic hydroxyl groups excluding tert-OH is 1. The molecule has 0 spiro atoms. The van der Waals surface area contributed by atoms with Crippen LogP contribution in [0.5, 0.6) is 0 Å². The van der Waals surface area contributed by atoms with Crippen molar-refractivity contribution in [2.75, 3.05) is 18.1 Å². The summed E-state index contributed by atoms with van der Waals surface area (Å²) in [6.07, 6.45) is -0.166. The molecule has 0 fully saturated rings. The van der Waals surface area contributed by atoms with Crippen molar-refractivity contribution < 1.29 is 19.6 Å². The molecular weight excluding hydrogens is 252 g/mol. The average Bonchev–Trinajstić information content (AvgIpc) is 2.76. The average molecular weight is 266 g/mol. The molecule has 102 valence electrons. The van der Waals surface area contributed by atoms with E-state index in [0.717, 1.165) is 0 Å². The van der Waals surface area contributed by atoms with Gasteiger partial charge in [0, 0.05) is 12.1 Å². The second-order valence-electron chi connectivity index (χ2n) is 4.18. The first-order valence-corrected chi connectivity index (χ1v) is 5.92. The summed E-state index contributed by atoms with van der Waals surface area (Å²) in [6, 6.07) is 3.85. The van der Waals surface area contributed by atoms with Crippen molar-refractivity contribution in [1.29, 1.82) is 0 Å². The molecule has 7 heteroatoms. The number of hydrogen-bond donors (Lipinski definition) is 1. The molecule has 0 aliphatic carbocycles. The second-order valence-corrected chi connectivity index (χ2v) is 4.18. The summed E-state index contributed by atoms with van der Waals surface area (Å²) < 4.78 is 4.93. The van der Waals surface area contributed by atoms with Gasteiger partial charge >= 0.3 is 6.09 Å². The Kier molecular flexibility index (Phi) is 3.66. The first-order valence-electron chi connectivity index (χ1n) is 5.92. The van der Waals surface area contributed by atoms with Gasteiger partial charge in [0.2, 0.25) is 0 Å². The lowest BCUT2D eigenvalue weighted by Gasteiger charge is -2.22. The van der Waals surface area contributed by atoms with Gasteiger partial charge < -0.3 is 9.84 Å². The molecule has 2 rings (SSSR count). The van der Waals surface area contributed by atoms with Gasteiger partial charge in [0.15, 0.2) is 0 Å². The van der Waals surface area contributed by atoms with E-state index in [9.17, 15) is 20.0 Å². The molecule has 0 saturated carbocycles. The molecule has 0 aromatic heterocycles. The lowest BCUT2D eigenvalue weighted by molar-refractivity contribution is -0.384. The highest BCUT2D eigenvalue weighted by atomic mass is 16.6. The Hall–Kier alpha value is -2.15. The fourth-order valence-electron chi connectivity index (χ4n) is 2.21. The molecule has 1 atom stereocenters. The number of nitro groups is 1. The minimum absolute atomic E-state index is 0.0267. The van der Waals surface area contributed by atoms with Crippen LogP contribution in [-0.2, 0) is 11.2 Å². The Morgan fingerprint density at radius 3 is 2.95 bits per heavy atom. The van der Waals surface area contributed by atoms with E-state index in [2.05, 4.69) is 0 Å². The van der Waals surface area contributed by atoms with E-state index in [4.69, 9.17) is 4.74 Å². The minimum atomic E-state index is -0.547. The second kappa shape index (κ2) is 5.23. The third kappa shape index (κ3) is 2.37. The number of non-ortho nitro benzene ring substituents is 1. The predicted molar refractivity (Wildman–Crippen MR) is 67.2 cm³/mol. The highest BCUT2D eigenvalue weighted by molar-refractivity contribution is 5.91. The zero-order valence-corrected chi connectivity index (χ0v) is 10.4. The number of carbonyl (C=O) groups excluding carboxylic acids is 1. The van der Waals surface area contributed by atoms with Crippen LogP contribution in [0.25, 0.3) is 0 Å². The molecule has 0 unspecified atom stereocenters. The maximum absolute atomic E-state index is 11.9. The van der Waals surface area contributed by atoms with E-state index in [-0.39, 0.29) is 18.9 Å². The topological polar surface area (TPSA) is 92.9 Å². The lowest BCUT2D eigenvalue weighted by atomic mass is 10.1. The highest BCUT2D eigenvalue weighted by Gasteiger charge is 2.35. The minimum Gasteiger partial charge on any atom is -0.449 e. The van der Waals surface area contributed by atoms with Crippen LogP contribution < -0.4 is 4.90 Å². The molecule has 1 N–H and O–H groups in total. The number of hydrogen-bond acceptors (Lipinski definition) is 5. The van der Waals surface area contributed by atoms with Gasteiger partial charge in [-0.05, 0) is 25.0 Å². The number of aliphatic hydroxyl groups is 1. The molecule has 0 radical (unpaired) electrons. The standard InChI is InChI=1S/C12H14N2O5/c1-2-19-12(16)13-10(7-15)6-8-5-9(14(17)18)3-4-11(8)13/h3-5,10,15H,2,6-7H2,1H3/t10-/m0/s1. The van der Waals surface area contributed by atoms with E-state index < -0.39 is 17.1 Å². The fraction of sp³-hybridized carbons (Fsp3) is 0.417. The summed E-state index contributed by atoms with van der Waals surface area (Å²) in [4.78, 5) is 23.4. The molecule has 1 heterocycles. The number of benzene rings is 1. The predicted octanol–water partition coefficient (Wildman–Crippen LogP) is 1.47. The molecule has 19 heavy (non-hydrogen) atoms. The summed E-state index contributed by atoms with van der Waals surface area (Å²) in [5.74, 6) is 0. The van der Waals surface area contributed by atoms with Crippen LogP contribution in [0.15, 0.2) is 18.2 Å². The van der Waals surface area contributed by atoms with Crippen LogP contribution >= 0.6 is 0 Å². The van der Waals surface area contributed by atoms with Crippen molar-refractivity contribution in [3.8, 4) is 0 Å². The Morgan fingerprint density at radius 2 is 2.37 bits per heavy atom. The SMILES string of the molecule is CCOC(=O)N1c2ccc([N+](=O)[O-])cc2C[C@H]1CO. The van der Waals surface area contributed by atoms with E-state index in [0.29, 0.717) is 17.7 Å². The summed E-state index contributed by atoms with van der Waals surface area (Å²) in [5.41, 5.74) is 1.20. The Bertz CT molecular complexity index is 517. The van der Waals surface area contributed by atoms with E-state index in [1.807, 2.05) is 0 Å². The van der Waals surface area contributed by atoms with Gasteiger partial charge in [-0.25, -0.2) is 4.79 Å². The van der Waals surface area contributed by atoms with Crippen molar-refractivity contribution in [2.45, 2.75) is 19.4 Å². The number of nitro benzene ring substituents is 1. The van der Waals surface area contributed by atoms with Crippen molar-refractivity contribution in [2.24, 2.45) is 0 Å². The van der Waals surface area contributed by atoms with Crippen LogP contribution in [0.1, 0.15) is 12.5 Å². The summed E-state index contributed by atoms with van der Waals surface area (Å²) in [6.45, 7) is 1.70. The largest absolute Gasteiger partial charge is 0.449 e. The summed E-state index contributed by atoms with van der Waals surface area (Å²) in [5, 5.41) is 20.0. The fourth-order valence-corrected chi connectivity index (χ4v) is 2.21. The summed E-state index contributed by atoms with van der Waals surface area (Å²) >= 11 is 0. The van der Waals surface area contributed by atoms with Crippen LogP contribution in [0.2, 0.25) is 0 Å². The molecule has 1 aliphatic heterocycles. The molecule has 7 nitrogen and oxygen atoms in total. The van der Waals surface area contributed by atoms with E-state index in [1.165, 1.54) is 23.1 Å². The smallest absolute Gasteiger partial charge is 0.414 e. The molecule has 0 saturated heterocycles. The zero-order chi connectivity index (χ0) is 14.0. The van der Waals surface area contributed by atoms with Crippen LogP contribution in [0.4, 0.5) is 16.2 Å².